The van der Waals surface area contributed by atoms with E-state index in [2.05, 4.69) is 20.4 Å². The summed E-state index contributed by atoms with van der Waals surface area (Å²) in [4.78, 5) is 28.5. The smallest absolute Gasteiger partial charge is 0.337 e. The van der Waals surface area contributed by atoms with Crippen LogP contribution in [0.4, 0.5) is 4.79 Å². The van der Waals surface area contributed by atoms with Gasteiger partial charge >= 0.3 is 12.0 Å². The van der Waals surface area contributed by atoms with E-state index in [1.165, 1.54) is 0 Å². The molecule has 1 fully saturated rings. The summed E-state index contributed by atoms with van der Waals surface area (Å²) in [6.45, 7) is 7.77. The van der Waals surface area contributed by atoms with Crippen molar-refractivity contribution >= 4 is 12.0 Å². The van der Waals surface area contributed by atoms with Crippen molar-refractivity contribution in [1.82, 2.24) is 20.4 Å². The summed E-state index contributed by atoms with van der Waals surface area (Å²) in [6.07, 6.45) is 0. The van der Waals surface area contributed by atoms with E-state index in [1.807, 2.05) is 24.3 Å². The molecule has 0 aromatic heterocycles. The number of methoxy groups -OCH3 is 1. The number of ether oxygens (including phenoxy) is 3. The van der Waals surface area contributed by atoms with Gasteiger partial charge in [-0.3, -0.25) is 9.80 Å². The van der Waals surface area contributed by atoms with Crippen molar-refractivity contribution in [1.29, 1.82) is 0 Å². The number of urea groups is 1. The zero-order valence-electron chi connectivity index (χ0n) is 17.6. The monoisotopic (exact) mass is 418 g/mol. The SMILES string of the molecule is CCOC(=O)C1=C(CN2CCN(CCOc3ccc(OC)cc3)CC2)NC(=O)NC1. The Hall–Kier alpha value is -2.78. The van der Waals surface area contributed by atoms with Gasteiger partial charge in [0.25, 0.3) is 0 Å². The molecule has 0 saturated carbocycles. The number of piperazine rings is 1. The van der Waals surface area contributed by atoms with Gasteiger partial charge in [0.05, 0.1) is 25.8 Å². The Morgan fingerprint density at radius 1 is 1.07 bits per heavy atom. The fraction of sp³-hybridized carbons (Fsp3) is 0.524. The molecule has 9 heteroatoms. The van der Waals surface area contributed by atoms with E-state index in [-0.39, 0.29) is 18.5 Å². The van der Waals surface area contributed by atoms with Crippen LogP contribution in [0.2, 0.25) is 0 Å². The first-order valence-corrected chi connectivity index (χ1v) is 10.2. The molecular formula is C21H30N4O5. The summed E-state index contributed by atoms with van der Waals surface area (Å²) in [5.41, 5.74) is 1.13. The van der Waals surface area contributed by atoms with E-state index in [4.69, 9.17) is 14.2 Å². The molecule has 0 unspecified atom stereocenters. The second-order valence-corrected chi connectivity index (χ2v) is 7.13. The van der Waals surface area contributed by atoms with Gasteiger partial charge in [-0.1, -0.05) is 0 Å². The maximum Gasteiger partial charge on any atom is 0.337 e. The lowest BCUT2D eigenvalue weighted by Crippen LogP contribution is -2.51. The van der Waals surface area contributed by atoms with Gasteiger partial charge in [0.15, 0.2) is 0 Å². The highest BCUT2D eigenvalue weighted by Crippen LogP contribution is 2.17. The van der Waals surface area contributed by atoms with Crippen molar-refractivity contribution in [2.45, 2.75) is 6.92 Å². The first kappa shape index (κ1) is 21.9. The van der Waals surface area contributed by atoms with Gasteiger partial charge in [-0.05, 0) is 31.2 Å². The van der Waals surface area contributed by atoms with Crippen LogP contribution in [0.25, 0.3) is 0 Å². The third-order valence-electron chi connectivity index (χ3n) is 5.16. The van der Waals surface area contributed by atoms with E-state index in [1.54, 1.807) is 14.0 Å². The Morgan fingerprint density at radius 3 is 2.40 bits per heavy atom. The molecule has 2 aliphatic heterocycles. The number of nitrogens with one attached hydrogen (secondary N) is 2. The molecule has 2 amide bonds. The summed E-state index contributed by atoms with van der Waals surface area (Å²) in [7, 11) is 1.64. The third-order valence-corrected chi connectivity index (χ3v) is 5.16. The number of rotatable bonds is 9. The Bertz CT molecular complexity index is 757. The Balaban J connectivity index is 1.44. The fourth-order valence-corrected chi connectivity index (χ4v) is 3.44. The minimum Gasteiger partial charge on any atom is -0.497 e. The van der Waals surface area contributed by atoms with E-state index in [9.17, 15) is 9.59 Å². The van der Waals surface area contributed by atoms with Crippen LogP contribution in [-0.4, -0.2) is 87.9 Å². The second kappa shape index (κ2) is 10.8. The summed E-state index contributed by atoms with van der Waals surface area (Å²) in [5.74, 6) is 1.26. The van der Waals surface area contributed by atoms with Crippen LogP contribution in [0.1, 0.15) is 6.92 Å². The molecule has 0 radical (unpaired) electrons. The van der Waals surface area contributed by atoms with Crippen molar-refractivity contribution in [3.8, 4) is 11.5 Å². The first-order valence-electron chi connectivity index (χ1n) is 10.2. The number of esters is 1. The van der Waals surface area contributed by atoms with Gasteiger partial charge in [0.2, 0.25) is 0 Å². The maximum absolute atomic E-state index is 12.2. The van der Waals surface area contributed by atoms with E-state index in [0.29, 0.717) is 31.0 Å². The number of hydrogen-bond acceptors (Lipinski definition) is 7. The molecule has 0 atom stereocenters. The number of carbonyl (C=O) groups is 2. The molecule has 30 heavy (non-hydrogen) atoms. The molecule has 9 nitrogen and oxygen atoms in total. The molecule has 1 aromatic carbocycles. The number of benzene rings is 1. The van der Waals surface area contributed by atoms with Gasteiger partial charge in [0, 0.05) is 45.0 Å². The second-order valence-electron chi connectivity index (χ2n) is 7.13. The number of nitrogens with zero attached hydrogens (tertiary/aromatic N) is 2. The lowest BCUT2D eigenvalue weighted by molar-refractivity contribution is -0.138. The zero-order chi connectivity index (χ0) is 21.3. The normalized spacial score (nSPS) is 17.9. The highest BCUT2D eigenvalue weighted by molar-refractivity contribution is 5.93. The molecule has 2 N–H and O–H groups in total. The average molecular weight is 418 g/mol. The van der Waals surface area contributed by atoms with Crippen molar-refractivity contribution in [2.75, 3.05) is 66.1 Å². The zero-order valence-corrected chi connectivity index (χ0v) is 17.6. The summed E-state index contributed by atoms with van der Waals surface area (Å²) < 4.78 is 16.1. The minimum absolute atomic E-state index is 0.197. The minimum atomic E-state index is -0.380. The van der Waals surface area contributed by atoms with Crippen molar-refractivity contribution < 1.29 is 23.8 Å². The molecule has 0 bridgehead atoms. The molecular weight excluding hydrogens is 388 g/mol. The standard InChI is InChI=1S/C21H30N4O5/c1-3-29-20(26)18-14-22-21(27)23-19(18)15-25-10-8-24(9-11-25)12-13-30-17-6-4-16(28-2)5-7-17/h4-7H,3,8-15H2,1-2H3,(H2,22,23,27). The number of amides is 2. The summed E-state index contributed by atoms with van der Waals surface area (Å²) >= 11 is 0. The van der Waals surface area contributed by atoms with Crippen LogP contribution < -0.4 is 20.1 Å². The molecule has 1 aromatic rings. The van der Waals surface area contributed by atoms with Crippen LogP contribution >= 0.6 is 0 Å². The molecule has 0 spiro atoms. The van der Waals surface area contributed by atoms with E-state index < -0.39 is 0 Å². The quantitative estimate of drug-likeness (QED) is 0.574. The van der Waals surface area contributed by atoms with Crippen LogP contribution in [0.5, 0.6) is 11.5 Å². The lowest BCUT2D eigenvalue weighted by atomic mass is 10.1. The Labute approximate surface area is 176 Å². The van der Waals surface area contributed by atoms with Gasteiger partial charge in [0.1, 0.15) is 18.1 Å². The topological polar surface area (TPSA) is 92.4 Å². The molecule has 2 heterocycles. The average Bonchev–Trinajstić information content (AvgIpc) is 2.76. The highest BCUT2D eigenvalue weighted by atomic mass is 16.5. The number of hydrogen-bond donors (Lipinski definition) is 2. The van der Waals surface area contributed by atoms with Gasteiger partial charge in [-0.15, -0.1) is 0 Å². The lowest BCUT2D eigenvalue weighted by Gasteiger charge is -2.35. The molecule has 3 rings (SSSR count). The predicted molar refractivity (Wildman–Crippen MR) is 112 cm³/mol. The summed E-state index contributed by atoms with van der Waals surface area (Å²) in [6, 6.07) is 7.28. The van der Waals surface area contributed by atoms with Crippen molar-refractivity contribution in [2.24, 2.45) is 0 Å². The predicted octanol–water partition coefficient (Wildman–Crippen LogP) is 0.822. The van der Waals surface area contributed by atoms with Crippen molar-refractivity contribution in [3.63, 3.8) is 0 Å². The number of carbonyl (C=O) groups excluding carboxylic acids is 2. The fourth-order valence-electron chi connectivity index (χ4n) is 3.44. The van der Waals surface area contributed by atoms with E-state index >= 15 is 0 Å². The molecule has 0 aliphatic carbocycles. The van der Waals surface area contributed by atoms with Gasteiger partial charge < -0.3 is 24.8 Å². The molecule has 2 aliphatic rings. The molecule has 1 saturated heterocycles. The van der Waals surface area contributed by atoms with Crippen molar-refractivity contribution in [3.05, 3.63) is 35.5 Å². The first-order chi connectivity index (χ1) is 14.6. The van der Waals surface area contributed by atoms with Crippen LogP contribution in [0.3, 0.4) is 0 Å². The van der Waals surface area contributed by atoms with Gasteiger partial charge in [-0.25, -0.2) is 9.59 Å². The van der Waals surface area contributed by atoms with Crippen LogP contribution in [-0.2, 0) is 9.53 Å². The van der Waals surface area contributed by atoms with Crippen LogP contribution in [0, 0.1) is 0 Å². The largest absolute Gasteiger partial charge is 0.497 e. The Morgan fingerprint density at radius 2 is 1.73 bits per heavy atom. The maximum atomic E-state index is 12.2. The van der Waals surface area contributed by atoms with E-state index in [0.717, 1.165) is 44.2 Å². The third kappa shape index (κ3) is 6.11. The van der Waals surface area contributed by atoms with Crippen LogP contribution in [0.15, 0.2) is 35.5 Å². The molecule has 164 valence electrons. The summed E-state index contributed by atoms with van der Waals surface area (Å²) in [5, 5.41) is 5.40. The Kier molecular flexibility index (Phi) is 7.92. The highest BCUT2D eigenvalue weighted by Gasteiger charge is 2.26. The van der Waals surface area contributed by atoms with Gasteiger partial charge in [-0.2, -0.15) is 0 Å².